The fraction of sp³-hybridized carbons (Fsp3) is 0.257. The number of carbonyl (C=O) groups is 2. The van der Waals surface area contributed by atoms with Gasteiger partial charge in [0.25, 0.3) is 15.7 Å². The number of hydrogen-bond donors (Lipinski definition) is 1. The number of nitro benzene ring substituents is 1. The number of benzene rings is 4. The number of anilines is 1. The van der Waals surface area contributed by atoms with Crippen molar-refractivity contribution in [3.05, 3.63) is 128 Å². The van der Waals surface area contributed by atoms with E-state index in [1.807, 2.05) is 30.3 Å². The SMILES string of the molecule is COc1ccc(Cl)cc1N(CC(=O)N(Cc1cccc(Cl)c1)[C@@H](Cc1ccccc1)C(=O)NC(C)C)S(=O)(=O)c1ccc(C)c([N+](=O)[O-])c1. The Morgan fingerprint density at radius 2 is 1.59 bits per heavy atom. The monoisotopic (exact) mass is 726 g/mol. The highest BCUT2D eigenvalue weighted by Gasteiger charge is 2.36. The molecule has 0 aliphatic rings. The van der Waals surface area contributed by atoms with Crippen LogP contribution in [0.25, 0.3) is 0 Å². The van der Waals surface area contributed by atoms with E-state index in [0.717, 1.165) is 15.9 Å². The van der Waals surface area contributed by atoms with Crippen LogP contribution in [-0.2, 0) is 32.6 Å². The summed E-state index contributed by atoms with van der Waals surface area (Å²) in [6.45, 7) is 4.15. The fourth-order valence-electron chi connectivity index (χ4n) is 5.21. The molecule has 0 bridgehead atoms. The maximum absolute atomic E-state index is 14.7. The lowest BCUT2D eigenvalue weighted by Crippen LogP contribution is -2.54. The molecule has 258 valence electrons. The van der Waals surface area contributed by atoms with Crippen molar-refractivity contribution in [2.24, 2.45) is 0 Å². The van der Waals surface area contributed by atoms with E-state index >= 15 is 0 Å². The first kappa shape index (κ1) is 37.2. The number of nitrogens with one attached hydrogen (secondary N) is 1. The molecule has 0 heterocycles. The van der Waals surface area contributed by atoms with E-state index in [1.54, 1.807) is 38.1 Å². The van der Waals surface area contributed by atoms with Crippen LogP contribution in [0.2, 0.25) is 10.0 Å². The van der Waals surface area contributed by atoms with E-state index < -0.39 is 49.9 Å². The molecule has 4 aromatic rings. The molecule has 0 aromatic heterocycles. The number of methoxy groups -OCH3 is 1. The third kappa shape index (κ3) is 9.28. The van der Waals surface area contributed by atoms with Gasteiger partial charge in [-0.2, -0.15) is 0 Å². The molecule has 0 saturated heterocycles. The Morgan fingerprint density at radius 3 is 2.22 bits per heavy atom. The summed E-state index contributed by atoms with van der Waals surface area (Å²) in [5.41, 5.74) is 1.12. The first-order chi connectivity index (χ1) is 23.2. The summed E-state index contributed by atoms with van der Waals surface area (Å²) >= 11 is 12.6. The molecule has 4 rings (SSSR count). The number of carbonyl (C=O) groups excluding carboxylic acids is 2. The van der Waals surface area contributed by atoms with Crippen molar-refractivity contribution >= 4 is 56.4 Å². The van der Waals surface area contributed by atoms with Crippen LogP contribution in [0.1, 0.15) is 30.5 Å². The molecule has 0 aliphatic carbocycles. The molecule has 1 N–H and O–H groups in total. The molecule has 1 atom stereocenters. The van der Waals surface area contributed by atoms with E-state index in [-0.39, 0.29) is 41.0 Å². The van der Waals surface area contributed by atoms with E-state index in [9.17, 15) is 28.1 Å². The Morgan fingerprint density at radius 1 is 0.918 bits per heavy atom. The average Bonchev–Trinajstić information content (AvgIpc) is 3.05. The summed E-state index contributed by atoms with van der Waals surface area (Å²) in [7, 11) is -3.36. The van der Waals surface area contributed by atoms with Gasteiger partial charge in [-0.3, -0.25) is 24.0 Å². The zero-order valence-corrected chi connectivity index (χ0v) is 29.6. The summed E-state index contributed by atoms with van der Waals surface area (Å²) in [6.07, 6.45) is 0.114. The number of halogens is 2. The van der Waals surface area contributed by atoms with Crippen LogP contribution >= 0.6 is 23.2 Å². The van der Waals surface area contributed by atoms with Crippen molar-refractivity contribution in [2.45, 2.75) is 50.7 Å². The minimum absolute atomic E-state index is 0.0714. The minimum Gasteiger partial charge on any atom is -0.495 e. The zero-order valence-electron chi connectivity index (χ0n) is 27.3. The quantitative estimate of drug-likeness (QED) is 0.114. The molecule has 0 aliphatic heterocycles. The minimum atomic E-state index is -4.69. The highest BCUT2D eigenvalue weighted by molar-refractivity contribution is 7.92. The lowest BCUT2D eigenvalue weighted by Gasteiger charge is -2.34. The predicted molar refractivity (Wildman–Crippen MR) is 190 cm³/mol. The summed E-state index contributed by atoms with van der Waals surface area (Å²) in [5.74, 6) is -1.12. The molecule has 2 amide bonds. The van der Waals surface area contributed by atoms with Crippen molar-refractivity contribution in [1.29, 1.82) is 0 Å². The van der Waals surface area contributed by atoms with E-state index in [2.05, 4.69) is 5.32 Å². The first-order valence-corrected chi connectivity index (χ1v) is 17.4. The number of rotatable bonds is 14. The van der Waals surface area contributed by atoms with Gasteiger partial charge in [-0.25, -0.2) is 8.42 Å². The number of hydrogen-bond acceptors (Lipinski definition) is 7. The Kier molecular flexibility index (Phi) is 12.3. The van der Waals surface area contributed by atoms with E-state index in [1.165, 1.54) is 49.3 Å². The van der Waals surface area contributed by atoms with Crippen LogP contribution in [-0.4, -0.2) is 55.8 Å². The molecule has 4 aromatic carbocycles. The second-order valence-electron chi connectivity index (χ2n) is 11.6. The maximum Gasteiger partial charge on any atom is 0.273 e. The molecular weight excluding hydrogens is 691 g/mol. The Bertz CT molecular complexity index is 1940. The van der Waals surface area contributed by atoms with E-state index in [4.69, 9.17) is 27.9 Å². The largest absolute Gasteiger partial charge is 0.495 e. The molecule has 11 nitrogen and oxygen atoms in total. The Hall–Kier alpha value is -4.65. The van der Waals surface area contributed by atoms with Gasteiger partial charge in [-0.1, -0.05) is 71.7 Å². The van der Waals surface area contributed by atoms with Crippen LogP contribution in [0.3, 0.4) is 0 Å². The number of amides is 2. The lowest BCUT2D eigenvalue weighted by atomic mass is 10.0. The van der Waals surface area contributed by atoms with Gasteiger partial charge in [0.05, 0.1) is 22.6 Å². The van der Waals surface area contributed by atoms with Gasteiger partial charge in [-0.05, 0) is 68.3 Å². The van der Waals surface area contributed by atoms with Gasteiger partial charge in [0, 0.05) is 40.7 Å². The number of nitrogens with zero attached hydrogens (tertiary/aromatic N) is 3. The van der Waals surface area contributed by atoms with Crippen molar-refractivity contribution in [1.82, 2.24) is 10.2 Å². The van der Waals surface area contributed by atoms with Gasteiger partial charge in [0.15, 0.2) is 0 Å². The first-order valence-electron chi connectivity index (χ1n) is 15.2. The summed E-state index contributed by atoms with van der Waals surface area (Å²) in [5, 5.41) is 15.2. The normalized spacial score (nSPS) is 11.9. The molecule has 14 heteroatoms. The van der Waals surface area contributed by atoms with Crippen LogP contribution in [0, 0.1) is 17.0 Å². The van der Waals surface area contributed by atoms with Crippen LogP contribution in [0.4, 0.5) is 11.4 Å². The van der Waals surface area contributed by atoms with Gasteiger partial charge in [-0.15, -0.1) is 0 Å². The number of nitro groups is 1. The molecule has 0 saturated carbocycles. The highest BCUT2D eigenvalue weighted by Crippen LogP contribution is 2.36. The number of sulfonamides is 1. The fourth-order valence-corrected chi connectivity index (χ4v) is 7.03. The predicted octanol–water partition coefficient (Wildman–Crippen LogP) is 6.58. The van der Waals surface area contributed by atoms with Crippen molar-refractivity contribution in [3.8, 4) is 5.75 Å². The van der Waals surface area contributed by atoms with Gasteiger partial charge in [0.2, 0.25) is 11.8 Å². The maximum atomic E-state index is 14.7. The highest BCUT2D eigenvalue weighted by atomic mass is 35.5. The lowest BCUT2D eigenvalue weighted by molar-refractivity contribution is -0.385. The number of ether oxygens (including phenoxy) is 1. The summed E-state index contributed by atoms with van der Waals surface area (Å²) in [4.78, 5) is 40.5. The van der Waals surface area contributed by atoms with Crippen molar-refractivity contribution in [3.63, 3.8) is 0 Å². The second kappa shape index (κ2) is 16.2. The Balaban J connectivity index is 1.90. The number of aryl methyl sites for hydroxylation is 1. The van der Waals surface area contributed by atoms with Crippen molar-refractivity contribution < 1.29 is 27.7 Å². The molecule has 0 radical (unpaired) electrons. The van der Waals surface area contributed by atoms with Gasteiger partial charge >= 0.3 is 0 Å². The van der Waals surface area contributed by atoms with Gasteiger partial charge < -0.3 is 15.0 Å². The molecular formula is C35H36Cl2N4O7S. The molecule has 49 heavy (non-hydrogen) atoms. The third-order valence-electron chi connectivity index (χ3n) is 7.60. The zero-order chi connectivity index (χ0) is 35.9. The summed E-state index contributed by atoms with van der Waals surface area (Å²) < 4.78 is 35.1. The second-order valence-corrected chi connectivity index (χ2v) is 14.3. The van der Waals surface area contributed by atoms with Gasteiger partial charge in [0.1, 0.15) is 18.3 Å². The average molecular weight is 728 g/mol. The molecule has 0 unspecified atom stereocenters. The smallest absolute Gasteiger partial charge is 0.273 e. The van der Waals surface area contributed by atoms with Crippen LogP contribution in [0.15, 0.2) is 95.9 Å². The summed E-state index contributed by atoms with van der Waals surface area (Å²) in [6, 6.07) is 22.3. The van der Waals surface area contributed by atoms with Crippen LogP contribution in [0.5, 0.6) is 5.75 Å². The molecule has 0 fully saturated rings. The standard InChI is InChI=1S/C35H36Cl2N4O7S/c1-23(2)38-35(43)32(18-25-9-6-5-7-10-25)39(21-26-11-8-12-27(36)17-26)34(42)22-40(31-19-28(37)14-16-33(31)48-4)49(46,47)29-15-13-24(3)30(20-29)41(44)45/h5-17,19-20,23,32H,18,21-22H2,1-4H3,(H,38,43)/t32-/m0/s1. The van der Waals surface area contributed by atoms with Crippen molar-refractivity contribution in [2.75, 3.05) is 18.0 Å². The van der Waals surface area contributed by atoms with Crippen LogP contribution < -0.4 is 14.4 Å². The third-order valence-corrected chi connectivity index (χ3v) is 9.82. The topological polar surface area (TPSA) is 139 Å². The molecule has 0 spiro atoms. The Labute approximate surface area is 295 Å². The van der Waals surface area contributed by atoms with E-state index in [0.29, 0.717) is 10.6 Å².